The lowest BCUT2D eigenvalue weighted by atomic mass is 9.70. The number of hydrogen-bond donors (Lipinski definition) is 0. The van der Waals surface area contributed by atoms with Gasteiger partial charge >= 0.3 is 0 Å². The van der Waals surface area contributed by atoms with E-state index in [2.05, 4.69) is 198 Å². The van der Waals surface area contributed by atoms with E-state index in [0.29, 0.717) is 10.6 Å². The minimum Gasteiger partial charge on any atom is -0.310 e. The number of nitrogens with zero attached hydrogens (tertiary/aromatic N) is 2. The fourth-order valence-corrected chi connectivity index (χ4v) is 12.2. The van der Waals surface area contributed by atoms with Crippen LogP contribution in [-0.2, 0) is 18.3 Å². The number of halogens is 2. The molecule has 336 valence electrons. The van der Waals surface area contributed by atoms with Crippen LogP contribution in [0.15, 0.2) is 243 Å². The molecule has 14 rings (SSSR count). The van der Waals surface area contributed by atoms with Crippen molar-refractivity contribution >= 4 is 56.5 Å². The maximum Gasteiger partial charge on any atom is 0.131 e. The molecule has 71 heavy (non-hydrogen) atoms. The minimum absolute atomic E-state index is 0.251. The first-order chi connectivity index (χ1) is 35.0. The van der Waals surface area contributed by atoms with Gasteiger partial charge in [0.15, 0.2) is 0 Å². The van der Waals surface area contributed by atoms with Crippen LogP contribution in [0.25, 0.3) is 55.3 Å². The van der Waals surface area contributed by atoms with Gasteiger partial charge in [0.1, 0.15) is 5.82 Å². The summed E-state index contributed by atoms with van der Waals surface area (Å²) < 4.78 is 15.2. The average molecular weight is 932 g/mol. The number of aryl methyl sites for hydroxylation is 2. The molecule has 2 nitrogen and oxygen atoms in total. The topological polar surface area (TPSA) is 6.48 Å². The summed E-state index contributed by atoms with van der Waals surface area (Å²) in [5, 5.41) is 2.97. The molecule has 0 fully saturated rings. The lowest BCUT2D eigenvalue weighted by Crippen LogP contribution is -2.28. The van der Waals surface area contributed by atoms with Gasteiger partial charge in [0.2, 0.25) is 0 Å². The van der Waals surface area contributed by atoms with Gasteiger partial charge in [-0.05, 0) is 152 Å². The molecule has 0 aromatic heterocycles. The van der Waals surface area contributed by atoms with Crippen LogP contribution >= 0.6 is 11.6 Å². The van der Waals surface area contributed by atoms with Gasteiger partial charge in [0.25, 0.3) is 0 Å². The molecular formula is C67H44ClFN2. The van der Waals surface area contributed by atoms with Crippen LogP contribution < -0.4 is 9.80 Å². The standard InChI is InChI=1S/C67H44ClFN2/c68-49-15-11-16-51(41-49)70(50-34-32-45(33-35-50)54-17-6-10-25-63(54)69)53-37-38-55(48-30-28-44-27-29-47(44)39-48)65(42-53)71(52-36-31-43-13-1-2-14-46(43)40-52)64-26-12-21-59-58-20-5-9-24-62(58)67(66(59)64)60-22-7-3-18-56(60)57-19-4-8-23-61(57)67/h1-26,28,30-42H,27,29H2. The maximum absolute atomic E-state index is 15.2. The molecular weight excluding hydrogens is 887 g/mol. The van der Waals surface area contributed by atoms with E-state index in [1.54, 1.807) is 6.07 Å². The maximum atomic E-state index is 15.2. The normalized spacial score (nSPS) is 13.2. The van der Waals surface area contributed by atoms with Crippen molar-refractivity contribution < 1.29 is 4.39 Å². The second kappa shape index (κ2) is 16.3. The van der Waals surface area contributed by atoms with Crippen LogP contribution in [0.1, 0.15) is 33.4 Å². The molecule has 0 atom stereocenters. The Kier molecular flexibility index (Phi) is 9.52. The van der Waals surface area contributed by atoms with Crippen LogP contribution in [-0.4, -0.2) is 0 Å². The van der Waals surface area contributed by atoms with Crippen molar-refractivity contribution in [3.63, 3.8) is 0 Å². The first-order valence-electron chi connectivity index (χ1n) is 24.4. The van der Waals surface area contributed by atoms with Crippen molar-refractivity contribution in [2.24, 2.45) is 0 Å². The van der Waals surface area contributed by atoms with E-state index < -0.39 is 5.41 Å². The Morgan fingerprint density at radius 2 is 0.915 bits per heavy atom. The van der Waals surface area contributed by atoms with Crippen LogP contribution in [0.5, 0.6) is 0 Å². The molecule has 11 aromatic carbocycles. The fourth-order valence-electron chi connectivity index (χ4n) is 12.0. The van der Waals surface area contributed by atoms with E-state index in [1.165, 1.54) is 72.7 Å². The Labute approximate surface area is 418 Å². The van der Waals surface area contributed by atoms with E-state index in [9.17, 15) is 0 Å². The molecule has 11 aromatic rings. The Balaban J connectivity index is 1.07. The summed E-state index contributed by atoms with van der Waals surface area (Å²) in [5.74, 6) is -0.251. The first kappa shape index (κ1) is 41.5. The molecule has 0 saturated carbocycles. The van der Waals surface area contributed by atoms with Crippen molar-refractivity contribution in [1.82, 2.24) is 0 Å². The molecule has 3 aliphatic rings. The van der Waals surface area contributed by atoms with E-state index in [-0.39, 0.29) is 5.82 Å². The van der Waals surface area contributed by atoms with E-state index in [4.69, 9.17) is 11.6 Å². The van der Waals surface area contributed by atoms with Crippen molar-refractivity contribution in [3.05, 3.63) is 287 Å². The summed E-state index contributed by atoms with van der Waals surface area (Å²) in [5.41, 5.74) is 22.0. The Hall–Kier alpha value is -8.50. The van der Waals surface area contributed by atoms with Gasteiger partial charge in [0.05, 0.1) is 16.8 Å². The zero-order valence-corrected chi connectivity index (χ0v) is 39.4. The molecule has 0 heterocycles. The second-order valence-corrected chi connectivity index (χ2v) is 19.4. The lowest BCUT2D eigenvalue weighted by Gasteiger charge is -2.37. The van der Waals surface area contributed by atoms with Gasteiger partial charge in [-0.3, -0.25) is 0 Å². The summed E-state index contributed by atoms with van der Waals surface area (Å²) in [6.07, 6.45) is 2.18. The molecule has 3 aliphatic carbocycles. The quantitative estimate of drug-likeness (QED) is 0.150. The highest BCUT2D eigenvalue weighted by Gasteiger charge is 2.53. The summed E-state index contributed by atoms with van der Waals surface area (Å²) in [4.78, 5) is 4.80. The van der Waals surface area contributed by atoms with Gasteiger partial charge in [-0.2, -0.15) is 0 Å². The predicted octanol–water partition coefficient (Wildman–Crippen LogP) is 18.3. The molecule has 0 N–H and O–H groups in total. The average Bonchev–Trinajstić information content (AvgIpc) is 3.89. The summed E-state index contributed by atoms with van der Waals surface area (Å²) >= 11 is 6.86. The Morgan fingerprint density at radius 3 is 1.61 bits per heavy atom. The fraction of sp³-hybridized carbons (Fsp3) is 0.0448. The summed E-state index contributed by atoms with van der Waals surface area (Å²) in [6.45, 7) is 0. The monoisotopic (exact) mass is 930 g/mol. The molecule has 0 amide bonds. The Morgan fingerprint density at radius 1 is 0.352 bits per heavy atom. The third-order valence-electron chi connectivity index (χ3n) is 15.3. The SMILES string of the molecule is Fc1ccccc1-c1ccc(N(c2cccc(Cl)c2)c2ccc(-c3ccc4c(c3)CC4)c(N(c3ccc4ccccc4c3)c3cccc4c3C3(c5ccccc5-c5ccccc53)c3ccccc3-4)c2)cc1. The smallest absolute Gasteiger partial charge is 0.131 e. The first-order valence-corrected chi connectivity index (χ1v) is 24.8. The molecule has 0 aliphatic heterocycles. The van der Waals surface area contributed by atoms with Crippen molar-refractivity contribution in [1.29, 1.82) is 0 Å². The largest absolute Gasteiger partial charge is 0.310 e. The zero-order valence-electron chi connectivity index (χ0n) is 38.7. The minimum atomic E-state index is -0.606. The number of hydrogen-bond acceptors (Lipinski definition) is 2. The molecule has 1 spiro atoms. The van der Waals surface area contributed by atoms with Crippen LogP contribution in [0, 0.1) is 5.82 Å². The third-order valence-corrected chi connectivity index (χ3v) is 15.5. The second-order valence-electron chi connectivity index (χ2n) is 19.0. The van der Waals surface area contributed by atoms with Crippen molar-refractivity contribution in [2.45, 2.75) is 18.3 Å². The lowest BCUT2D eigenvalue weighted by molar-refractivity contribution is 0.631. The summed E-state index contributed by atoms with van der Waals surface area (Å²) in [7, 11) is 0. The van der Waals surface area contributed by atoms with E-state index in [0.717, 1.165) is 63.5 Å². The van der Waals surface area contributed by atoms with Gasteiger partial charge < -0.3 is 9.80 Å². The van der Waals surface area contributed by atoms with Crippen LogP contribution in [0.2, 0.25) is 5.02 Å². The zero-order chi connectivity index (χ0) is 47.2. The summed E-state index contributed by atoms with van der Waals surface area (Å²) in [6, 6.07) is 86.6. The molecule has 0 radical (unpaired) electrons. The number of anilines is 6. The molecule has 0 bridgehead atoms. The number of rotatable bonds is 8. The molecule has 4 heteroatoms. The van der Waals surface area contributed by atoms with Crippen molar-refractivity contribution in [2.75, 3.05) is 9.80 Å². The van der Waals surface area contributed by atoms with Gasteiger partial charge in [0, 0.05) is 44.5 Å². The Bertz CT molecular complexity index is 3880. The van der Waals surface area contributed by atoms with E-state index in [1.807, 2.05) is 42.5 Å². The van der Waals surface area contributed by atoms with Crippen molar-refractivity contribution in [3.8, 4) is 44.5 Å². The van der Waals surface area contributed by atoms with Gasteiger partial charge in [-0.1, -0.05) is 188 Å². The van der Waals surface area contributed by atoms with E-state index >= 15 is 4.39 Å². The molecule has 0 unspecified atom stereocenters. The highest BCUT2D eigenvalue weighted by molar-refractivity contribution is 6.30. The van der Waals surface area contributed by atoms with Gasteiger partial charge in [-0.25, -0.2) is 4.39 Å². The van der Waals surface area contributed by atoms with Crippen LogP contribution in [0.3, 0.4) is 0 Å². The number of benzene rings is 11. The van der Waals surface area contributed by atoms with Gasteiger partial charge in [-0.15, -0.1) is 0 Å². The third kappa shape index (κ3) is 6.40. The van der Waals surface area contributed by atoms with Crippen LogP contribution in [0.4, 0.5) is 38.5 Å². The molecule has 0 saturated heterocycles. The number of fused-ring (bicyclic) bond motifs is 12. The predicted molar refractivity (Wildman–Crippen MR) is 293 cm³/mol. The highest BCUT2D eigenvalue weighted by Crippen LogP contribution is 2.65. The highest BCUT2D eigenvalue weighted by atomic mass is 35.5.